The van der Waals surface area contributed by atoms with Gasteiger partial charge in [0.1, 0.15) is 0 Å². The molecule has 1 aliphatic heterocycles. The number of H-pyrrole nitrogens is 1. The lowest BCUT2D eigenvalue weighted by Crippen LogP contribution is -2.19. The number of aromatic amines is 1. The van der Waals surface area contributed by atoms with Crippen molar-refractivity contribution in [1.82, 2.24) is 15.3 Å². The van der Waals surface area contributed by atoms with Gasteiger partial charge in [0.2, 0.25) is 0 Å². The number of hydrogen-bond acceptors (Lipinski definition) is 3. The SMILES string of the molecule is Cc1ccc(C(c2nc3cc[nH]c3cc2-c2ccc(C#N)cc2)[C@@H]2CCNC2)cc1. The molecule has 0 amide bonds. The highest BCUT2D eigenvalue weighted by atomic mass is 14.9. The largest absolute Gasteiger partial charge is 0.360 e. The first kappa shape index (κ1) is 18.6. The van der Waals surface area contributed by atoms with Crippen LogP contribution in [0.2, 0.25) is 0 Å². The first-order chi connectivity index (χ1) is 14.7. The number of nitriles is 1. The van der Waals surface area contributed by atoms with Crippen LogP contribution in [0.15, 0.2) is 66.9 Å². The second-order valence-corrected chi connectivity index (χ2v) is 8.16. The standard InChI is InChI=1S/C26H24N4/c1-17-2-6-20(7-3-17)25(21-10-12-28-16-21)26-22(14-24-23(30-26)11-13-29-24)19-8-4-18(15-27)5-9-19/h2-9,11,13-14,21,25,28-29H,10,12,16H2,1H3/t21-,25?/m1/s1. The van der Waals surface area contributed by atoms with Crippen LogP contribution in [0, 0.1) is 24.2 Å². The molecule has 4 nitrogen and oxygen atoms in total. The van der Waals surface area contributed by atoms with Crippen molar-refractivity contribution in [3.8, 4) is 17.2 Å². The predicted molar refractivity (Wildman–Crippen MR) is 120 cm³/mol. The highest BCUT2D eigenvalue weighted by Crippen LogP contribution is 2.40. The molecule has 2 aromatic heterocycles. The molecule has 2 aromatic carbocycles. The van der Waals surface area contributed by atoms with Gasteiger partial charge in [-0.05, 0) is 67.7 Å². The topological polar surface area (TPSA) is 64.5 Å². The Kier molecular flexibility index (Phi) is 4.82. The molecule has 5 rings (SSSR count). The molecule has 30 heavy (non-hydrogen) atoms. The minimum atomic E-state index is 0.213. The summed E-state index contributed by atoms with van der Waals surface area (Å²) in [5.74, 6) is 0.708. The van der Waals surface area contributed by atoms with Gasteiger partial charge in [-0.25, -0.2) is 4.98 Å². The third-order valence-corrected chi connectivity index (χ3v) is 6.19. The zero-order chi connectivity index (χ0) is 20.5. The zero-order valence-electron chi connectivity index (χ0n) is 17.0. The van der Waals surface area contributed by atoms with Gasteiger partial charge in [0.25, 0.3) is 0 Å². The molecule has 4 heteroatoms. The Hall–Kier alpha value is -3.42. The van der Waals surface area contributed by atoms with E-state index in [1.165, 1.54) is 11.1 Å². The maximum absolute atomic E-state index is 9.20. The number of benzene rings is 2. The van der Waals surface area contributed by atoms with E-state index in [-0.39, 0.29) is 5.92 Å². The molecule has 0 saturated carbocycles. The molecule has 0 bridgehead atoms. The lowest BCUT2D eigenvalue weighted by Gasteiger charge is -2.26. The van der Waals surface area contributed by atoms with Crippen molar-refractivity contribution in [2.45, 2.75) is 19.3 Å². The third-order valence-electron chi connectivity index (χ3n) is 6.19. The van der Waals surface area contributed by atoms with Gasteiger partial charge in [-0.15, -0.1) is 0 Å². The summed E-state index contributed by atoms with van der Waals surface area (Å²) in [6, 6.07) is 23.2. The Balaban J connectivity index is 1.72. The van der Waals surface area contributed by atoms with Crippen molar-refractivity contribution in [3.05, 3.63) is 89.2 Å². The van der Waals surface area contributed by atoms with Crippen molar-refractivity contribution in [1.29, 1.82) is 5.26 Å². The van der Waals surface area contributed by atoms with Gasteiger partial charge in [0.05, 0.1) is 28.4 Å². The van der Waals surface area contributed by atoms with Gasteiger partial charge >= 0.3 is 0 Å². The summed E-state index contributed by atoms with van der Waals surface area (Å²) in [5.41, 5.74) is 8.61. The highest BCUT2D eigenvalue weighted by molar-refractivity contribution is 5.83. The summed E-state index contributed by atoms with van der Waals surface area (Å²) >= 11 is 0. The first-order valence-electron chi connectivity index (χ1n) is 10.5. The second-order valence-electron chi connectivity index (χ2n) is 8.16. The van der Waals surface area contributed by atoms with Crippen molar-refractivity contribution in [2.24, 2.45) is 5.92 Å². The summed E-state index contributed by atoms with van der Waals surface area (Å²) in [7, 11) is 0. The van der Waals surface area contributed by atoms with Crippen LogP contribution in [-0.4, -0.2) is 23.1 Å². The minimum Gasteiger partial charge on any atom is -0.360 e. The van der Waals surface area contributed by atoms with E-state index in [0.29, 0.717) is 11.5 Å². The number of rotatable bonds is 4. The van der Waals surface area contributed by atoms with Gasteiger partial charge in [-0.2, -0.15) is 5.26 Å². The fourth-order valence-corrected chi connectivity index (χ4v) is 4.58. The summed E-state index contributed by atoms with van der Waals surface area (Å²) < 4.78 is 0. The van der Waals surface area contributed by atoms with Crippen LogP contribution in [0.5, 0.6) is 0 Å². The number of pyridine rings is 1. The molecular formula is C26H24N4. The average Bonchev–Trinajstić information content (AvgIpc) is 3.47. The van der Waals surface area contributed by atoms with Crippen LogP contribution in [0.25, 0.3) is 22.2 Å². The molecule has 2 N–H and O–H groups in total. The maximum Gasteiger partial charge on any atom is 0.0991 e. The van der Waals surface area contributed by atoms with Gasteiger partial charge in [0.15, 0.2) is 0 Å². The quantitative estimate of drug-likeness (QED) is 0.505. The average molecular weight is 393 g/mol. The Morgan fingerprint density at radius 2 is 1.87 bits per heavy atom. The molecule has 148 valence electrons. The van der Waals surface area contributed by atoms with E-state index >= 15 is 0 Å². The summed E-state index contributed by atoms with van der Waals surface area (Å²) in [6.07, 6.45) is 3.08. The van der Waals surface area contributed by atoms with E-state index in [2.05, 4.69) is 53.6 Å². The Bertz CT molecular complexity index is 1210. The molecule has 2 atom stereocenters. The molecule has 1 aliphatic rings. The molecule has 0 radical (unpaired) electrons. The Morgan fingerprint density at radius 3 is 2.57 bits per heavy atom. The van der Waals surface area contributed by atoms with Crippen LogP contribution in [0.3, 0.4) is 0 Å². The molecule has 3 heterocycles. The predicted octanol–water partition coefficient (Wildman–Crippen LogP) is 5.15. The summed E-state index contributed by atoms with van der Waals surface area (Å²) in [5, 5.41) is 12.7. The van der Waals surface area contributed by atoms with Gasteiger partial charge in [-0.1, -0.05) is 42.0 Å². The second kappa shape index (κ2) is 7.78. The lowest BCUT2D eigenvalue weighted by molar-refractivity contribution is 0.505. The molecule has 4 aromatic rings. The van der Waals surface area contributed by atoms with Gasteiger partial charge in [-0.3, -0.25) is 0 Å². The van der Waals surface area contributed by atoms with Crippen LogP contribution in [0.4, 0.5) is 0 Å². The lowest BCUT2D eigenvalue weighted by atomic mass is 9.79. The van der Waals surface area contributed by atoms with Gasteiger partial charge < -0.3 is 10.3 Å². The molecule has 1 saturated heterocycles. The minimum absolute atomic E-state index is 0.213. The normalized spacial score (nSPS) is 17.1. The smallest absolute Gasteiger partial charge is 0.0991 e. The van der Waals surface area contributed by atoms with E-state index in [1.807, 2.05) is 36.5 Å². The van der Waals surface area contributed by atoms with Gasteiger partial charge in [0, 0.05) is 17.7 Å². The number of fused-ring (bicyclic) bond motifs is 1. The molecular weight excluding hydrogens is 368 g/mol. The number of aryl methyl sites for hydroxylation is 1. The number of aromatic nitrogens is 2. The number of nitrogens with one attached hydrogen (secondary N) is 2. The number of hydrogen-bond donors (Lipinski definition) is 2. The Labute approximate surface area is 176 Å². The zero-order valence-corrected chi connectivity index (χ0v) is 17.0. The molecule has 0 spiro atoms. The van der Waals surface area contributed by atoms with E-state index in [9.17, 15) is 5.26 Å². The first-order valence-corrected chi connectivity index (χ1v) is 10.5. The van der Waals surface area contributed by atoms with Crippen molar-refractivity contribution < 1.29 is 0 Å². The van der Waals surface area contributed by atoms with E-state index < -0.39 is 0 Å². The van der Waals surface area contributed by atoms with Crippen molar-refractivity contribution in [3.63, 3.8) is 0 Å². The van der Waals surface area contributed by atoms with Crippen molar-refractivity contribution in [2.75, 3.05) is 13.1 Å². The highest BCUT2D eigenvalue weighted by Gasteiger charge is 2.31. The van der Waals surface area contributed by atoms with Crippen LogP contribution in [0.1, 0.15) is 34.7 Å². The number of nitrogens with zero attached hydrogens (tertiary/aromatic N) is 2. The van der Waals surface area contributed by atoms with Crippen LogP contribution >= 0.6 is 0 Å². The summed E-state index contributed by atoms with van der Waals surface area (Å²) in [6.45, 7) is 4.17. The molecule has 1 fully saturated rings. The fourth-order valence-electron chi connectivity index (χ4n) is 4.58. The Morgan fingerprint density at radius 1 is 1.07 bits per heavy atom. The maximum atomic E-state index is 9.20. The molecule has 1 unspecified atom stereocenters. The fraction of sp³-hybridized carbons (Fsp3) is 0.231. The van der Waals surface area contributed by atoms with Crippen LogP contribution < -0.4 is 5.32 Å². The van der Waals surface area contributed by atoms with Crippen molar-refractivity contribution >= 4 is 11.0 Å². The van der Waals surface area contributed by atoms with E-state index in [0.717, 1.165) is 47.4 Å². The van der Waals surface area contributed by atoms with Crippen LogP contribution in [-0.2, 0) is 0 Å². The summed E-state index contributed by atoms with van der Waals surface area (Å²) in [4.78, 5) is 8.48. The third kappa shape index (κ3) is 3.38. The molecule has 0 aliphatic carbocycles. The van der Waals surface area contributed by atoms with E-state index in [1.54, 1.807) is 0 Å². The monoisotopic (exact) mass is 392 g/mol. The van der Waals surface area contributed by atoms with E-state index in [4.69, 9.17) is 4.98 Å².